The molecule has 1 aromatic carbocycles. The minimum absolute atomic E-state index is 0.0337. The van der Waals surface area contributed by atoms with Crippen LogP contribution in [0.2, 0.25) is 0 Å². The van der Waals surface area contributed by atoms with Crippen LogP contribution in [-0.4, -0.2) is 46.2 Å². The summed E-state index contributed by atoms with van der Waals surface area (Å²) in [6.07, 6.45) is 1.73. The third kappa shape index (κ3) is 3.89. The molecule has 0 aliphatic heterocycles. The van der Waals surface area contributed by atoms with E-state index in [2.05, 4.69) is 62.9 Å². The molecule has 4 heterocycles. The van der Waals surface area contributed by atoms with Gasteiger partial charge >= 0.3 is 5.97 Å². The Morgan fingerprint density at radius 1 is 1.18 bits per heavy atom. The fourth-order valence-electron chi connectivity index (χ4n) is 3.92. The predicted molar refractivity (Wildman–Crippen MR) is 125 cm³/mol. The Kier molecular flexibility index (Phi) is 5.43. The highest BCUT2D eigenvalue weighted by Gasteiger charge is 2.18. The number of tetrazole rings is 1. The number of carbonyl (C=O) groups is 1. The number of imidazole rings is 1. The molecule has 2 N–H and O–H groups in total. The quantitative estimate of drug-likeness (QED) is 0.371. The number of nitrogens with one attached hydrogen (secondary N) is 1. The number of fused-ring (bicyclic) bond motifs is 1. The smallest absolute Gasteiger partial charge is 0.354 e. The summed E-state index contributed by atoms with van der Waals surface area (Å²) in [6, 6.07) is 11.9. The lowest BCUT2D eigenvalue weighted by Gasteiger charge is -2.10. The van der Waals surface area contributed by atoms with Crippen LogP contribution in [0.25, 0.3) is 33.0 Å². The number of hydrogen-bond donors (Lipinski definition) is 2. The molecule has 0 amide bonds. The van der Waals surface area contributed by atoms with Crippen LogP contribution in [-0.2, 0) is 13.0 Å². The zero-order valence-electron chi connectivity index (χ0n) is 18.1. The van der Waals surface area contributed by atoms with Crippen LogP contribution in [0.4, 0.5) is 0 Å². The van der Waals surface area contributed by atoms with E-state index in [0.717, 1.165) is 51.3 Å². The Bertz CT molecular complexity index is 1440. The molecule has 0 atom stereocenters. The number of pyridine rings is 1. The zero-order chi connectivity index (χ0) is 22.9. The summed E-state index contributed by atoms with van der Waals surface area (Å²) in [7, 11) is 0. The Morgan fingerprint density at radius 2 is 2.00 bits per heavy atom. The van der Waals surface area contributed by atoms with Crippen LogP contribution in [0.1, 0.15) is 40.8 Å². The number of aromatic nitrogens is 7. The number of H-pyrrole nitrogens is 1. The Morgan fingerprint density at radius 3 is 2.70 bits per heavy atom. The summed E-state index contributed by atoms with van der Waals surface area (Å²) in [5.41, 5.74) is 5.42. The van der Waals surface area contributed by atoms with Gasteiger partial charge in [0.2, 0.25) is 0 Å². The number of aryl methyl sites for hydroxylation is 2. The van der Waals surface area contributed by atoms with E-state index in [1.54, 1.807) is 17.4 Å². The summed E-state index contributed by atoms with van der Waals surface area (Å²) >= 11 is 1.58. The van der Waals surface area contributed by atoms with Crippen LogP contribution in [0.3, 0.4) is 0 Å². The maximum Gasteiger partial charge on any atom is 0.354 e. The van der Waals surface area contributed by atoms with Crippen molar-refractivity contribution in [2.75, 3.05) is 0 Å². The fourth-order valence-corrected chi connectivity index (χ4v) is 4.78. The number of carboxylic acids is 1. The number of carboxylic acid groups (broad SMARTS) is 1. The van der Waals surface area contributed by atoms with Crippen molar-refractivity contribution in [1.29, 1.82) is 0 Å². The van der Waals surface area contributed by atoms with E-state index in [9.17, 15) is 9.90 Å². The van der Waals surface area contributed by atoms with Gasteiger partial charge in [-0.2, -0.15) is 0 Å². The first-order valence-corrected chi connectivity index (χ1v) is 11.4. The maximum atomic E-state index is 11.6. The van der Waals surface area contributed by atoms with Gasteiger partial charge in [0.05, 0.1) is 11.4 Å². The second-order valence-corrected chi connectivity index (χ2v) is 8.69. The number of nitrogens with zero attached hydrogens (tertiary/aromatic N) is 6. The monoisotopic (exact) mass is 459 g/mol. The maximum absolute atomic E-state index is 11.6. The summed E-state index contributed by atoms with van der Waals surface area (Å²) < 4.78 is 2.03. The average molecular weight is 460 g/mol. The molecule has 0 aliphatic rings. The van der Waals surface area contributed by atoms with Crippen LogP contribution in [0, 0.1) is 6.92 Å². The molecule has 166 valence electrons. The molecular formula is C23H21N7O2S. The SMILES string of the molecule is CCCc1nc2c(C)cc(C(=O)O)nc2n1Cc1ccc(-c2ccsc2-c2nnn[nH]2)cc1. The topological polar surface area (TPSA) is 122 Å². The van der Waals surface area contributed by atoms with Crippen molar-refractivity contribution in [3.8, 4) is 21.8 Å². The van der Waals surface area contributed by atoms with E-state index in [4.69, 9.17) is 4.98 Å². The molecule has 0 fully saturated rings. The number of aromatic carboxylic acids is 1. The summed E-state index contributed by atoms with van der Waals surface area (Å²) in [6.45, 7) is 4.54. The second-order valence-electron chi connectivity index (χ2n) is 7.78. The van der Waals surface area contributed by atoms with Crippen LogP contribution in [0.5, 0.6) is 0 Å². The number of thiophene rings is 1. The molecule has 0 radical (unpaired) electrons. The standard InChI is InChI=1S/C23H21N7O2S/c1-3-4-18-25-19-13(2)11-17(23(31)32)24-22(19)30(18)12-14-5-7-15(8-6-14)16-9-10-33-20(16)21-26-28-29-27-21/h5-11H,3-4,12H2,1-2H3,(H,31,32)(H,26,27,28,29). The second kappa shape index (κ2) is 8.55. The molecule has 33 heavy (non-hydrogen) atoms. The first-order chi connectivity index (χ1) is 16.0. The first-order valence-electron chi connectivity index (χ1n) is 10.6. The zero-order valence-corrected chi connectivity index (χ0v) is 18.9. The molecule has 4 aromatic heterocycles. The third-order valence-corrected chi connectivity index (χ3v) is 6.42. The Labute approximate surface area is 193 Å². The molecule has 0 bridgehead atoms. The molecule has 5 rings (SSSR count). The highest BCUT2D eigenvalue weighted by atomic mass is 32.1. The summed E-state index contributed by atoms with van der Waals surface area (Å²) in [4.78, 5) is 21.7. The molecule has 0 aliphatic carbocycles. The van der Waals surface area contributed by atoms with Crippen molar-refractivity contribution in [2.45, 2.75) is 33.2 Å². The van der Waals surface area contributed by atoms with Gasteiger partial charge in [-0.15, -0.1) is 16.4 Å². The third-order valence-electron chi connectivity index (χ3n) is 5.50. The van der Waals surface area contributed by atoms with Gasteiger partial charge in [-0.25, -0.2) is 19.9 Å². The predicted octanol–water partition coefficient (Wildman–Crippen LogP) is 4.35. The van der Waals surface area contributed by atoms with E-state index in [0.29, 0.717) is 18.0 Å². The van der Waals surface area contributed by atoms with Gasteiger partial charge in [0, 0.05) is 12.0 Å². The molecule has 10 heteroatoms. The molecule has 0 spiro atoms. The minimum Gasteiger partial charge on any atom is -0.477 e. The van der Waals surface area contributed by atoms with Gasteiger partial charge in [-0.1, -0.05) is 31.2 Å². The summed E-state index contributed by atoms with van der Waals surface area (Å²) in [5.74, 6) is 0.518. The lowest BCUT2D eigenvalue weighted by molar-refractivity contribution is 0.0690. The lowest BCUT2D eigenvalue weighted by Crippen LogP contribution is -2.08. The number of hydrogen-bond acceptors (Lipinski definition) is 7. The van der Waals surface area contributed by atoms with Crippen molar-refractivity contribution >= 4 is 28.5 Å². The van der Waals surface area contributed by atoms with Gasteiger partial charge in [0.25, 0.3) is 0 Å². The van der Waals surface area contributed by atoms with Gasteiger partial charge in [-0.3, -0.25) is 0 Å². The van der Waals surface area contributed by atoms with Crippen LogP contribution < -0.4 is 0 Å². The van der Waals surface area contributed by atoms with Gasteiger partial charge in [0.1, 0.15) is 11.3 Å². The van der Waals surface area contributed by atoms with Crippen molar-refractivity contribution in [1.82, 2.24) is 35.2 Å². The number of rotatable bonds is 7. The number of aromatic amines is 1. The Balaban J connectivity index is 1.51. The normalized spacial score (nSPS) is 11.3. The number of benzene rings is 1. The fraction of sp³-hybridized carbons (Fsp3) is 0.217. The van der Waals surface area contributed by atoms with Gasteiger partial charge in [-0.05, 0) is 58.0 Å². The van der Waals surface area contributed by atoms with E-state index in [-0.39, 0.29) is 5.69 Å². The first kappa shape index (κ1) is 21.0. The van der Waals surface area contributed by atoms with E-state index < -0.39 is 5.97 Å². The molecule has 0 unspecified atom stereocenters. The average Bonchev–Trinajstić information content (AvgIpc) is 3.55. The minimum atomic E-state index is -1.04. The van der Waals surface area contributed by atoms with Crippen LogP contribution >= 0.6 is 11.3 Å². The van der Waals surface area contributed by atoms with Gasteiger partial charge in [0.15, 0.2) is 17.2 Å². The highest BCUT2D eigenvalue weighted by molar-refractivity contribution is 7.14. The molecule has 0 saturated heterocycles. The highest BCUT2D eigenvalue weighted by Crippen LogP contribution is 2.34. The Hall–Kier alpha value is -3.92. The lowest BCUT2D eigenvalue weighted by atomic mass is 10.0. The molecule has 5 aromatic rings. The van der Waals surface area contributed by atoms with Crippen molar-refractivity contribution < 1.29 is 9.90 Å². The van der Waals surface area contributed by atoms with Crippen molar-refractivity contribution in [3.05, 3.63) is 64.4 Å². The van der Waals surface area contributed by atoms with Gasteiger partial charge < -0.3 is 9.67 Å². The summed E-state index contributed by atoms with van der Waals surface area (Å²) in [5, 5.41) is 25.7. The van der Waals surface area contributed by atoms with Crippen LogP contribution in [0.15, 0.2) is 41.8 Å². The molecule has 9 nitrogen and oxygen atoms in total. The van der Waals surface area contributed by atoms with Crippen molar-refractivity contribution in [3.63, 3.8) is 0 Å². The molecule has 0 saturated carbocycles. The largest absolute Gasteiger partial charge is 0.477 e. The molecular weight excluding hydrogens is 438 g/mol. The van der Waals surface area contributed by atoms with E-state index in [1.165, 1.54) is 0 Å². The van der Waals surface area contributed by atoms with Crippen molar-refractivity contribution in [2.24, 2.45) is 0 Å². The van der Waals surface area contributed by atoms with E-state index in [1.807, 2.05) is 16.9 Å². The van der Waals surface area contributed by atoms with E-state index >= 15 is 0 Å².